The van der Waals surface area contributed by atoms with Crippen LogP contribution in [0.4, 0.5) is 5.69 Å². The highest BCUT2D eigenvalue weighted by molar-refractivity contribution is 8.10. The number of hydrogen-bond acceptors (Lipinski definition) is 7. The van der Waals surface area contributed by atoms with Crippen LogP contribution in [-0.2, 0) is 0 Å². The first-order valence-electron chi connectivity index (χ1n) is 11.8. The standard InChI is InChI=1S/C22H29N3O2S2.C6H6/c1-5-29-19(28)14-24-18-10-11-23-22-20(18)15(2)21(27-22)16-6-8-17(9-7-16)26-13-12-25(3)4;1-2-4-6-5-3-1/h6-11,19,28H,5,12-14H2,1-4H3,(H,23,24);1-6H. The zero-order valence-corrected chi connectivity index (χ0v) is 22.6. The van der Waals surface area contributed by atoms with E-state index >= 15 is 0 Å². The number of ether oxygens (including phenoxy) is 1. The molecule has 0 radical (unpaired) electrons. The van der Waals surface area contributed by atoms with Crippen molar-refractivity contribution in [1.29, 1.82) is 0 Å². The van der Waals surface area contributed by atoms with Crippen molar-refractivity contribution in [2.45, 2.75) is 18.4 Å². The molecule has 2 aromatic heterocycles. The minimum absolute atomic E-state index is 0.245. The first kappa shape index (κ1) is 27.0. The van der Waals surface area contributed by atoms with Gasteiger partial charge in [-0.05, 0) is 57.1 Å². The van der Waals surface area contributed by atoms with Crippen LogP contribution >= 0.6 is 24.4 Å². The molecular weight excluding hydrogens is 474 g/mol. The number of likely N-dealkylation sites (N-methyl/N-ethyl adjacent to an activating group) is 1. The first-order chi connectivity index (χ1) is 17.0. The molecular formula is C28H35N3O2S2. The van der Waals surface area contributed by atoms with E-state index in [-0.39, 0.29) is 4.58 Å². The Kier molecular flexibility index (Phi) is 10.8. The molecule has 0 aliphatic rings. The summed E-state index contributed by atoms with van der Waals surface area (Å²) in [5.41, 5.74) is 3.77. The molecule has 0 saturated carbocycles. The van der Waals surface area contributed by atoms with Crippen LogP contribution in [0, 0.1) is 6.92 Å². The minimum Gasteiger partial charge on any atom is -0.492 e. The summed E-state index contributed by atoms with van der Waals surface area (Å²) in [6.07, 6.45) is 1.78. The number of pyridine rings is 1. The van der Waals surface area contributed by atoms with E-state index in [1.54, 1.807) is 6.20 Å². The number of aryl methyl sites for hydroxylation is 1. The van der Waals surface area contributed by atoms with Gasteiger partial charge in [0.1, 0.15) is 18.1 Å². The van der Waals surface area contributed by atoms with Crippen molar-refractivity contribution in [1.82, 2.24) is 9.88 Å². The molecule has 0 aliphatic carbocycles. The van der Waals surface area contributed by atoms with Crippen LogP contribution in [0.2, 0.25) is 0 Å². The van der Waals surface area contributed by atoms with E-state index in [4.69, 9.17) is 9.15 Å². The number of fused-ring (bicyclic) bond motifs is 1. The van der Waals surface area contributed by atoms with Gasteiger partial charge in [0.15, 0.2) is 0 Å². The van der Waals surface area contributed by atoms with Crippen LogP contribution < -0.4 is 10.1 Å². The van der Waals surface area contributed by atoms with E-state index in [2.05, 4.69) is 41.7 Å². The zero-order chi connectivity index (χ0) is 25.0. The van der Waals surface area contributed by atoms with Gasteiger partial charge in [0.05, 0.1) is 9.97 Å². The molecule has 0 saturated heterocycles. The summed E-state index contributed by atoms with van der Waals surface area (Å²) in [5, 5.41) is 4.52. The molecule has 1 unspecified atom stereocenters. The van der Waals surface area contributed by atoms with Crippen molar-refractivity contribution < 1.29 is 9.15 Å². The lowest BCUT2D eigenvalue weighted by Crippen LogP contribution is -2.19. The SMILES string of the molecule is CCSC(S)CNc1ccnc2oc(-c3ccc(OCCN(C)C)cc3)c(C)c12.c1ccccc1. The number of rotatable bonds is 10. The second kappa shape index (κ2) is 14.1. The van der Waals surface area contributed by atoms with Gasteiger partial charge in [-0.25, -0.2) is 4.98 Å². The number of hydrogen-bond donors (Lipinski definition) is 2. The van der Waals surface area contributed by atoms with Crippen LogP contribution in [0.5, 0.6) is 5.75 Å². The maximum Gasteiger partial charge on any atom is 0.229 e. The van der Waals surface area contributed by atoms with E-state index in [1.807, 2.05) is 92.6 Å². The third-order valence-corrected chi connectivity index (χ3v) is 6.76. The molecule has 35 heavy (non-hydrogen) atoms. The molecule has 0 aliphatic heterocycles. The Bertz CT molecular complexity index is 1120. The average Bonchev–Trinajstić information content (AvgIpc) is 3.21. The summed E-state index contributed by atoms with van der Waals surface area (Å²) in [4.78, 5) is 6.53. The van der Waals surface area contributed by atoms with Gasteiger partial charge in [-0.3, -0.25) is 0 Å². The van der Waals surface area contributed by atoms with E-state index in [1.165, 1.54) is 0 Å². The fourth-order valence-electron chi connectivity index (χ4n) is 3.47. The predicted molar refractivity (Wildman–Crippen MR) is 154 cm³/mol. The third-order valence-electron chi connectivity index (χ3n) is 5.25. The number of furan rings is 1. The van der Waals surface area contributed by atoms with E-state index in [0.29, 0.717) is 12.3 Å². The summed E-state index contributed by atoms with van der Waals surface area (Å²) in [7, 11) is 4.07. The highest BCUT2D eigenvalue weighted by Crippen LogP contribution is 2.36. The molecule has 0 amide bonds. The Morgan fingerprint density at radius 1 is 1.06 bits per heavy atom. The molecule has 5 nitrogen and oxygen atoms in total. The Balaban J connectivity index is 0.000000497. The number of anilines is 1. The Morgan fingerprint density at radius 3 is 2.31 bits per heavy atom. The van der Waals surface area contributed by atoms with Crippen LogP contribution in [0.1, 0.15) is 12.5 Å². The van der Waals surface area contributed by atoms with Crippen LogP contribution in [-0.4, -0.2) is 54.0 Å². The molecule has 2 heterocycles. The zero-order valence-electron chi connectivity index (χ0n) is 20.9. The molecule has 186 valence electrons. The lowest BCUT2D eigenvalue weighted by atomic mass is 10.1. The topological polar surface area (TPSA) is 50.5 Å². The lowest BCUT2D eigenvalue weighted by molar-refractivity contribution is 0.261. The van der Waals surface area contributed by atoms with Crippen molar-refractivity contribution in [2.75, 3.05) is 44.9 Å². The van der Waals surface area contributed by atoms with Gasteiger partial charge in [-0.1, -0.05) is 43.3 Å². The molecule has 4 rings (SSSR count). The highest BCUT2D eigenvalue weighted by atomic mass is 32.2. The smallest absolute Gasteiger partial charge is 0.229 e. The fraction of sp³-hybridized carbons (Fsp3) is 0.321. The fourth-order valence-corrected chi connectivity index (χ4v) is 4.60. The number of nitrogens with zero attached hydrogens (tertiary/aromatic N) is 2. The molecule has 1 N–H and O–H groups in total. The quantitative estimate of drug-likeness (QED) is 0.180. The van der Waals surface area contributed by atoms with E-state index in [9.17, 15) is 0 Å². The maximum absolute atomic E-state index is 6.11. The largest absolute Gasteiger partial charge is 0.492 e. The summed E-state index contributed by atoms with van der Waals surface area (Å²) >= 11 is 6.43. The molecule has 0 fully saturated rings. The molecule has 7 heteroatoms. The Hall–Kier alpha value is -2.61. The first-order valence-corrected chi connectivity index (χ1v) is 13.4. The third kappa shape index (κ3) is 8.23. The maximum atomic E-state index is 6.11. The lowest BCUT2D eigenvalue weighted by Gasteiger charge is -2.12. The van der Waals surface area contributed by atoms with Crippen molar-refractivity contribution in [3.63, 3.8) is 0 Å². The summed E-state index contributed by atoms with van der Waals surface area (Å²) in [6.45, 7) is 6.55. The number of thioether (sulfide) groups is 1. The Morgan fingerprint density at radius 2 is 1.71 bits per heavy atom. The van der Waals surface area contributed by atoms with Gasteiger partial charge < -0.3 is 19.4 Å². The van der Waals surface area contributed by atoms with Crippen LogP contribution in [0.15, 0.2) is 77.3 Å². The monoisotopic (exact) mass is 509 g/mol. The number of benzene rings is 2. The number of thiol groups is 1. The van der Waals surface area contributed by atoms with E-state index < -0.39 is 0 Å². The van der Waals surface area contributed by atoms with Crippen molar-refractivity contribution >= 4 is 41.2 Å². The summed E-state index contributed by atoms with van der Waals surface area (Å²) in [6, 6.07) is 22.0. The molecule has 0 bridgehead atoms. The summed E-state index contributed by atoms with van der Waals surface area (Å²) in [5.74, 6) is 2.75. The number of nitrogens with one attached hydrogen (secondary N) is 1. The van der Waals surface area contributed by atoms with Gasteiger partial charge in [0.25, 0.3) is 0 Å². The van der Waals surface area contributed by atoms with Gasteiger partial charge in [0.2, 0.25) is 5.71 Å². The van der Waals surface area contributed by atoms with Crippen LogP contribution in [0.3, 0.4) is 0 Å². The number of aromatic nitrogens is 1. The van der Waals surface area contributed by atoms with Crippen molar-refractivity contribution in [3.8, 4) is 17.1 Å². The van der Waals surface area contributed by atoms with Crippen molar-refractivity contribution in [3.05, 3.63) is 78.5 Å². The van der Waals surface area contributed by atoms with Crippen molar-refractivity contribution in [2.24, 2.45) is 0 Å². The molecule has 0 spiro atoms. The van der Waals surface area contributed by atoms with Crippen LogP contribution in [0.25, 0.3) is 22.4 Å². The normalized spacial score (nSPS) is 11.7. The van der Waals surface area contributed by atoms with Gasteiger partial charge in [-0.15, -0.1) is 11.8 Å². The second-order valence-corrected chi connectivity index (χ2v) is 10.7. The highest BCUT2D eigenvalue weighted by Gasteiger charge is 2.17. The summed E-state index contributed by atoms with van der Waals surface area (Å²) < 4.78 is 12.1. The Labute approximate surface area is 218 Å². The van der Waals surface area contributed by atoms with Gasteiger partial charge in [-0.2, -0.15) is 12.6 Å². The predicted octanol–water partition coefficient (Wildman–Crippen LogP) is 6.85. The van der Waals surface area contributed by atoms with Gasteiger partial charge >= 0.3 is 0 Å². The van der Waals surface area contributed by atoms with Gasteiger partial charge in [0, 0.05) is 36.1 Å². The average molecular weight is 510 g/mol. The van der Waals surface area contributed by atoms with E-state index in [0.717, 1.165) is 52.6 Å². The second-order valence-electron chi connectivity index (χ2n) is 8.22. The molecule has 4 aromatic rings. The molecule has 2 aromatic carbocycles. The molecule has 1 atom stereocenters. The minimum atomic E-state index is 0.245.